The van der Waals surface area contributed by atoms with Gasteiger partial charge in [-0.15, -0.1) is 0 Å². The fraction of sp³-hybridized carbons (Fsp3) is 0.350. The van der Waals surface area contributed by atoms with Crippen molar-refractivity contribution in [2.45, 2.75) is 13.0 Å². The number of aromatic amines is 1. The van der Waals surface area contributed by atoms with E-state index in [1.165, 1.54) is 25.4 Å². The highest BCUT2D eigenvalue weighted by atomic mass is 19.1. The molecule has 164 valence electrons. The van der Waals surface area contributed by atoms with Crippen LogP contribution in [-0.2, 0) is 4.79 Å². The van der Waals surface area contributed by atoms with Crippen molar-refractivity contribution >= 4 is 28.5 Å². The van der Waals surface area contributed by atoms with E-state index in [1.807, 2.05) is 11.8 Å². The predicted octanol–water partition coefficient (Wildman–Crippen LogP) is 1.95. The molecular weight excluding hydrogens is 412 g/mol. The summed E-state index contributed by atoms with van der Waals surface area (Å²) in [5.41, 5.74) is 1.57. The number of methoxy groups -OCH3 is 1. The van der Waals surface area contributed by atoms with Crippen LogP contribution in [0.3, 0.4) is 0 Å². The van der Waals surface area contributed by atoms with Gasteiger partial charge in [0.2, 0.25) is 5.91 Å². The third-order valence-electron chi connectivity index (χ3n) is 5.22. The summed E-state index contributed by atoms with van der Waals surface area (Å²) in [7, 11) is 1.21. The van der Waals surface area contributed by atoms with Crippen LogP contribution < -0.4 is 20.7 Å². The first kappa shape index (κ1) is 20.6. The topological polar surface area (TPSA) is 104 Å². The van der Waals surface area contributed by atoms with Crippen LogP contribution in [0.2, 0.25) is 0 Å². The molecule has 0 bridgehead atoms. The first-order valence-electron chi connectivity index (χ1n) is 9.66. The maximum atomic E-state index is 14.1. The average Bonchev–Trinajstić information content (AvgIpc) is 3.10. The lowest BCUT2D eigenvalue weighted by atomic mass is 10.1. The number of anilines is 2. The van der Waals surface area contributed by atoms with Gasteiger partial charge in [0, 0.05) is 49.6 Å². The van der Waals surface area contributed by atoms with Crippen LogP contribution in [0.15, 0.2) is 33.6 Å². The molecule has 0 spiro atoms. The molecule has 4 rings (SSSR count). The monoisotopic (exact) mass is 433 g/mol. The van der Waals surface area contributed by atoms with E-state index < -0.39 is 23.1 Å². The minimum Gasteiger partial charge on any atom is -0.491 e. The van der Waals surface area contributed by atoms with Crippen LogP contribution >= 0.6 is 0 Å². The van der Waals surface area contributed by atoms with Crippen molar-refractivity contribution in [1.29, 1.82) is 0 Å². The molecule has 1 fully saturated rings. The number of carbonyl (C=O) groups is 1. The summed E-state index contributed by atoms with van der Waals surface area (Å²) >= 11 is 0. The highest BCUT2D eigenvalue weighted by Crippen LogP contribution is 2.29. The third-order valence-corrected chi connectivity index (χ3v) is 5.22. The van der Waals surface area contributed by atoms with E-state index in [4.69, 9.17) is 9.15 Å². The van der Waals surface area contributed by atoms with E-state index in [9.17, 15) is 18.4 Å². The molecule has 0 radical (unpaired) electrons. The number of hydrogen-bond acceptors (Lipinski definition) is 7. The molecule has 9 nitrogen and oxygen atoms in total. The van der Waals surface area contributed by atoms with Gasteiger partial charge in [0.25, 0.3) is 0 Å². The van der Waals surface area contributed by atoms with Crippen molar-refractivity contribution in [2.75, 3.05) is 43.5 Å². The SMILES string of the molecule is COc1c(F)cc(N2CCN(C(=O)CNc3cnc4[nH]c(=O)oc4c3)C[C@H]2C)cc1F. The summed E-state index contributed by atoms with van der Waals surface area (Å²) in [6.07, 6.45) is 1.49. The number of amides is 1. The lowest BCUT2D eigenvalue weighted by Gasteiger charge is -2.41. The van der Waals surface area contributed by atoms with Gasteiger partial charge in [0.1, 0.15) is 0 Å². The summed E-state index contributed by atoms with van der Waals surface area (Å²) in [5, 5.41) is 2.97. The molecule has 0 saturated carbocycles. The van der Waals surface area contributed by atoms with Crippen molar-refractivity contribution in [3.8, 4) is 5.75 Å². The van der Waals surface area contributed by atoms with Crippen molar-refractivity contribution in [2.24, 2.45) is 0 Å². The lowest BCUT2D eigenvalue weighted by Crippen LogP contribution is -2.54. The largest absolute Gasteiger partial charge is 0.491 e. The van der Waals surface area contributed by atoms with Crippen LogP contribution in [0.4, 0.5) is 20.2 Å². The van der Waals surface area contributed by atoms with E-state index >= 15 is 0 Å². The van der Waals surface area contributed by atoms with Gasteiger partial charge >= 0.3 is 5.76 Å². The smallest absolute Gasteiger partial charge is 0.418 e. The molecule has 2 N–H and O–H groups in total. The lowest BCUT2D eigenvalue weighted by molar-refractivity contribution is -0.130. The van der Waals surface area contributed by atoms with Gasteiger partial charge in [-0.3, -0.25) is 9.78 Å². The standard InChI is InChI=1S/C20H21F2N5O4/c1-11-10-26(3-4-27(11)13-6-14(21)18(30-2)15(22)7-13)17(28)9-23-12-5-16-19(24-8-12)25-20(29)31-16/h5-8,11,23H,3-4,9-10H2,1-2H3,(H,24,25,29)/t11-/m1/s1. The van der Waals surface area contributed by atoms with E-state index in [0.29, 0.717) is 42.2 Å². The van der Waals surface area contributed by atoms with Gasteiger partial charge in [0.15, 0.2) is 28.6 Å². The molecule has 31 heavy (non-hydrogen) atoms. The molecule has 1 aromatic carbocycles. The van der Waals surface area contributed by atoms with Crippen LogP contribution in [0.5, 0.6) is 5.75 Å². The number of aromatic nitrogens is 2. The predicted molar refractivity (Wildman–Crippen MR) is 109 cm³/mol. The maximum Gasteiger partial charge on any atom is 0.418 e. The second-order valence-corrected chi connectivity index (χ2v) is 7.26. The molecule has 3 heterocycles. The van der Waals surface area contributed by atoms with Crippen LogP contribution in [-0.4, -0.2) is 60.1 Å². The zero-order valence-electron chi connectivity index (χ0n) is 16.9. The van der Waals surface area contributed by atoms with E-state index in [2.05, 4.69) is 15.3 Å². The number of pyridine rings is 1. The molecule has 0 aliphatic carbocycles. The van der Waals surface area contributed by atoms with Gasteiger partial charge in [-0.2, -0.15) is 0 Å². The average molecular weight is 433 g/mol. The summed E-state index contributed by atoms with van der Waals surface area (Å²) < 4.78 is 37.8. The number of halogens is 2. The van der Waals surface area contributed by atoms with Crippen LogP contribution in [0, 0.1) is 11.6 Å². The number of fused-ring (bicyclic) bond motifs is 1. The minimum atomic E-state index is -0.767. The molecule has 1 amide bonds. The summed E-state index contributed by atoms with van der Waals surface area (Å²) in [4.78, 5) is 33.9. The number of carbonyl (C=O) groups excluding carboxylic acids is 1. The number of benzene rings is 1. The number of rotatable bonds is 5. The Morgan fingerprint density at radius 1 is 1.32 bits per heavy atom. The Bertz CT molecular complexity index is 1150. The van der Waals surface area contributed by atoms with Crippen LogP contribution in [0.1, 0.15) is 6.92 Å². The number of oxazole rings is 1. The molecule has 11 heteroatoms. The Hall–Kier alpha value is -3.63. The second kappa shape index (κ2) is 8.25. The summed E-state index contributed by atoms with van der Waals surface area (Å²) in [6.45, 7) is 3.16. The third kappa shape index (κ3) is 4.16. The molecule has 1 aliphatic rings. The number of ether oxygens (including phenoxy) is 1. The van der Waals surface area contributed by atoms with Gasteiger partial charge in [-0.25, -0.2) is 18.6 Å². The molecule has 0 unspecified atom stereocenters. The normalized spacial score (nSPS) is 16.6. The van der Waals surface area contributed by atoms with Crippen molar-refractivity contribution in [1.82, 2.24) is 14.9 Å². The van der Waals surface area contributed by atoms with Gasteiger partial charge in [-0.05, 0) is 6.92 Å². The number of nitrogens with one attached hydrogen (secondary N) is 2. The zero-order chi connectivity index (χ0) is 22.1. The van der Waals surface area contributed by atoms with Crippen molar-refractivity contribution in [3.63, 3.8) is 0 Å². The Kier molecular flexibility index (Phi) is 5.49. The Labute approximate surface area is 175 Å². The highest BCUT2D eigenvalue weighted by Gasteiger charge is 2.28. The molecular formula is C20H21F2N5O4. The number of piperazine rings is 1. The summed E-state index contributed by atoms with van der Waals surface area (Å²) in [6, 6.07) is 3.91. The Balaban J connectivity index is 1.37. The first-order chi connectivity index (χ1) is 14.9. The molecule has 1 atom stereocenters. The second-order valence-electron chi connectivity index (χ2n) is 7.26. The fourth-order valence-electron chi connectivity index (χ4n) is 3.70. The number of hydrogen-bond donors (Lipinski definition) is 2. The van der Waals surface area contributed by atoms with E-state index in [1.54, 1.807) is 11.0 Å². The quantitative estimate of drug-likeness (QED) is 0.634. The fourth-order valence-corrected chi connectivity index (χ4v) is 3.70. The van der Waals surface area contributed by atoms with Gasteiger partial charge in [-0.1, -0.05) is 0 Å². The zero-order valence-corrected chi connectivity index (χ0v) is 16.9. The molecule has 2 aromatic heterocycles. The molecule has 1 aliphatic heterocycles. The highest BCUT2D eigenvalue weighted by molar-refractivity contribution is 5.82. The van der Waals surface area contributed by atoms with E-state index in [-0.39, 0.29) is 18.5 Å². The van der Waals surface area contributed by atoms with E-state index in [0.717, 1.165) is 0 Å². The maximum absolute atomic E-state index is 14.1. The Morgan fingerprint density at radius 2 is 2.06 bits per heavy atom. The van der Waals surface area contributed by atoms with Gasteiger partial charge < -0.3 is 24.3 Å². The van der Waals surface area contributed by atoms with Crippen molar-refractivity contribution < 1.29 is 22.7 Å². The summed E-state index contributed by atoms with van der Waals surface area (Å²) in [5.74, 6) is -2.68. The van der Waals surface area contributed by atoms with Gasteiger partial charge in [0.05, 0.1) is 25.5 Å². The molecule has 3 aromatic rings. The Morgan fingerprint density at radius 3 is 2.74 bits per heavy atom. The first-order valence-corrected chi connectivity index (χ1v) is 9.66. The van der Waals surface area contributed by atoms with Crippen LogP contribution in [0.25, 0.3) is 11.2 Å². The number of nitrogens with zero attached hydrogens (tertiary/aromatic N) is 3. The van der Waals surface area contributed by atoms with Crippen molar-refractivity contribution in [3.05, 3.63) is 46.6 Å². The minimum absolute atomic E-state index is 0.0281. The molecule has 1 saturated heterocycles. The number of H-pyrrole nitrogens is 1.